The molecule has 98 valence electrons. The second kappa shape index (κ2) is 6.98. The predicted octanol–water partition coefficient (Wildman–Crippen LogP) is 1.35. The van der Waals surface area contributed by atoms with Crippen LogP contribution in [0.25, 0.3) is 0 Å². The van der Waals surface area contributed by atoms with Crippen molar-refractivity contribution < 1.29 is 14.3 Å². The fraction of sp³-hybridized carbons (Fsp3) is 0.333. The number of nitrogens with one attached hydrogen (secondary N) is 2. The lowest BCUT2D eigenvalue weighted by Gasteiger charge is -2.07. The van der Waals surface area contributed by atoms with Gasteiger partial charge in [-0.3, -0.25) is 9.59 Å². The molecule has 0 atom stereocenters. The van der Waals surface area contributed by atoms with Crippen LogP contribution in [0.1, 0.15) is 5.56 Å². The van der Waals surface area contributed by atoms with Crippen molar-refractivity contribution in [2.24, 2.45) is 0 Å². The summed E-state index contributed by atoms with van der Waals surface area (Å²) in [5, 5.41) is 5.42. The van der Waals surface area contributed by atoms with Gasteiger partial charge < -0.3 is 15.4 Å². The number of methoxy groups -OCH3 is 1. The van der Waals surface area contributed by atoms with E-state index in [0.29, 0.717) is 17.3 Å². The number of halogens is 1. The molecule has 0 fully saturated rings. The minimum Gasteiger partial charge on any atom is -0.383 e. The summed E-state index contributed by atoms with van der Waals surface area (Å²) < 4.78 is 4.76. The van der Waals surface area contributed by atoms with Crippen LogP contribution in [0.15, 0.2) is 18.2 Å². The van der Waals surface area contributed by atoms with Gasteiger partial charge in [0.15, 0.2) is 0 Å². The molecule has 0 spiro atoms. The first-order valence-electron chi connectivity index (χ1n) is 5.39. The molecule has 0 aliphatic heterocycles. The van der Waals surface area contributed by atoms with Crippen LogP contribution in [0, 0.1) is 6.92 Å². The summed E-state index contributed by atoms with van der Waals surface area (Å²) >= 11 is 5.91. The van der Waals surface area contributed by atoms with Crippen molar-refractivity contribution in [1.29, 1.82) is 0 Å². The zero-order chi connectivity index (χ0) is 13.5. The molecule has 1 aromatic carbocycles. The minimum atomic E-state index is -0.731. The Labute approximate surface area is 110 Å². The first-order chi connectivity index (χ1) is 8.54. The predicted molar refractivity (Wildman–Crippen MR) is 69.7 cm³/mol. The van der Waals surface area contributed by atoms with E-state index in [1.165, 1.54) is 7.11 Å². The Kier molecular flexibility index (Phi) is 5.61. The smallest absolute Gasteiger partial charge is 0.313 e. The molecule has 2 N–H and O–H groups in total. The summed E-state index contributed by atoms with van der Waals surface area (Å²) in [4.78, 5) is 22.9. The first-order valence-corrected chi connectivity index (χ1v) is 5.76. The summed E-state index contributed by atoms with van der Waals surface area (Å²) in [6.45, 7) is 2.50. The van der Waals surface area contributed by atoms with E-state index >= 15 is 0 Å². The zero-order valence-corrected chi connectivity index (χ0v) is 11.0. The molecule has 0 saturated carbocycles. The van der Waals surface area contributed by atoms with Gasteiger partial charge in [-0.1, -0.05) is 17.7 Å². The maximum atomic E-state index is 11.5. The SMILES string of the molecule is COCCNC(=O)C(=O)Nc1ccc(C)c(Cl)c1. The van der Waals surface area contributed by atoms with Crippen LogP contribution in [0.4, 0.5) is 5.69 Å². The third kappa shape index (κ3) is 4.35. The van der Waals surface area contributed by atoms with Gasteiger partial charge in [-0.15, -0.1) is 0 Å². The number of hydrogen-bond acceptors (Lipinski definition) is 3. The second-order valence-corrected chi connectivity index (χ2v) is 4.07. The Morgan fingerprint density at radius 3 is 2.67 bits per heavy atom. The lowest BCUT2D eigenvalue weighted by Crippen LogP contribution is -2.37. The molecular weight excluding hydrogens is 256 g/mol. The van der Waals surface area contributed by atoms with Gasteiger partial charge in [-0.25, -0.2) is 0 Å². The van der Waals surface area contributed by atoms with E-state index in [1.807, 2.05) is 6.92 Å². The maximum Gasteiger partial charge on any atom is 0.313 e. The first kappa shape index (κ1) is 14.5. The third-order valence-electron chi connectivity index (χ3n) is 2.23. The van der Waals surface area contributed by atoms with Gasteiger partial charge in [-0.05, 0) is 24.6 Å². The molecule has 0 aliphatic carbocycles. The van der Waals surface area contributed by atoms with E-state index in [0.717, 1.165) is 5.56 Å². The number of aryl methyl sites for hydroxylation is 1. The van der Waals surface area contributed by atoms with Crippen molar-refractivity contribution in [2.45, 2.75) is 6.92 Å². The van der Waals surface area contributed by atoms with Crippen LogP contribution in [-0.4, -0.2) is 32.1 Å². The Morgan fingerprint density at radius 1 is 1.33 bits per heavy atom. The van der Waals surface area contributed by atoms with Crippen molar-refractivity contribution in [1.82, 2.24) is 5.32 Å². The van der Waals surface area contributed by atoms with E-state index in [4.69, 9.17) is 16.3 Å². The molecule has 0 bridgehead atoms. The van der Waals surface area contributed by atoms with Crippen LogP contribution < -0.4 is 10.6 Å². The van der Waals surface area contributed by atoms with Gasteiger partial charge >= 0.3 is 11.8 Å². The number of amides is 2. The Balaban J connectivity index is 2.53. The van der Waals surface area contributed by atoms with Crippen LogP contribution >= 0.6 is 11.6 Å². The quantitative estimate of drug-likeness (QED) is 0.641. The van der Waals surface area contributed by atoms with Gasteiger partial charge in [0.05, 0.1) is 6.61 Å². The summed E-state index contributed by atoms with van der Waals surface area (Å²) in [7, 11) is 1.51. The maximum absolute atomic E-state index is 11.5. The molecule has 18 heavy (non-hydrogen) atoms. The monoisotopic (exact) mass is 270 g/mol. The van der Waals surface area contributed by atoms with Gasteiger partial charge in [0, 0.05) is 24.4 Å². The molecular formula is C12H15ClN2O3. The van der Waals surface area contributed by atoms with Gasteiger partial charge in [0.25, 0.3) is 0 Å². The fourth-order valence-corrected chi connectivity index (χ4v) is 1.39. The normalized spacial score (nSPS) is 9.94. The zero-order valence-electron chi connectivity index (χ0n) is 10.2. The molecule has 1 aromatic rings. The highest BCUT2D eigenvalue weighted by Gasteiger charge is 2.13. The molecule has 2 amide bonds. The number of carbonyl (C=O) groups is 2. The highest BCUT2D eigenvalue weighted by Crippen LogP contribution is 2.19. The summed E-state index contributed by atoms with van der Waals surface area (Å²) in [6, 6.07) is 5.04. The van der Waals surface area contributed by atoms with Crippen molar-refractivity contribution in [3.8, 4) is 0 Å². The summed E-state index contributed by atoms with van der Waals surface area (Å²) in [5.41, 5.74) is 1.39. The number of hydrogen-bond donors (Lipinski definition) is 2. The van der Waals surface area contributed by atoms with Crippen LogP contribution in [0.3, 0.4) is 0 Å². The van der Waals surface area contributed by atoms with Crippen molar-refractivity contribution >= 4 is 29.1 Å². The number of anilines is 1. The average molecular weight is 271 g/mol. The number of benzene rings is 1. The Morgan fingerprint density at radius 2 is 2.06 bits per heavy atom. The van der Waals surface area contributed by atoms with E-state index in [-0.39, 0.29) is 6.54 Å². The second-order valence-electron chi connectivity index (χ2n) is 3.67. The van der Waals surface area contributed by atoms with Gasteiger partial charge in [-0.2, -0.15) is 0 Å². The van der Waals surface area contributed by atoms with E-state index in [2.05, 4.69) is 10.6 Å². The molecule has 0 radical (unpaired) electrons. The van der Waals surface area contributed by atoms with Gasteiger partial charge in [0.2, 0.25) is 0 Å². The average Bonchev–Trinajstić information content (AvgIpc) is 2.34. The lowest BCUT2D eigenvalue weighted by atomic mass is 10.2. The van der Waals surface area contributed by atoms with Gasteiger partial charge in [0.1, 0.15) is 0 Å². The fourth-order valence-electron chi connectivity index (χ4n) is 1.21. The van der Waals surface area contributed by atoms with Crippen molar-refractivity contribution in [3.05, 3.63) is 28.8 Å². The molecule has 1 rings (SSSR count). The van der Waals surface area contributed by atoms with Crippen LogP contribution in [0.5, 0.6) is 0 Å². The molecule has 0 aromatic heterocycles. The van der Waals surface area contributed by atoms with Crippen molar-refractivity contribution in [3.63, 3.8) is 0 Å². The topological polar surface area (TPSA) is 67.4 Å². The largest absolute Gasteiger partial charge is 0.383 e. The molecule has 5 nitrogen and oxygen atoms in total. The van der Waals surface area contributed by atoms with Crippen LogP contribution in [0.2, 0.25) is 5.02 Å². The van der Waals surface area contributed by atoms with E-state index in [9.17, 15) is 9.59 Å². The lowest BCUT2D eigenvalue weighted by molar-refractivity contribution is -0.136. The Bertz CT molecular complexity index is 449. The highest BCUT2D eigenvalue weighted by molar-refractivity contribution is 6.39. The summed E-state index contributed by atoms with van der Waals surface area (Å²) in [5.74, 6) is -1.44. The van der Waals surface area contributed by atoms with E-state index < -0.39 is 11.8 Å². The molecule has 0 unspecified atom stereocenters. The highest BCUT2D eigenvalue weighted by atomic mass is 35.5. The number of carbonyl (C=O) groups excluding carboxylic acids is 2. The molecule has 0 aliphatic rings. The third-order valence-corrected chi connectivity index (χ3v) is 2.63. The molecule has 0 saturated heterocycles. The molecule has 0 heterocycles. The standard InChI is InChI=1S/C12H15ClN2O3/c1-8-3-4-9(7-10(8)13)15-12(17)11(16)14-5-6-18-2/h3-4,7H,5-6H2,1-2H3,(H,14,16)(H,15,17). The summed E-state index contributed by atoms with van der Waals surface area (Å²) in [6.07, 6.45) is 0. The minimum absolute atomic E-state index is 0.289. The van der Waals surface area contributed by atoms with Crippen LogP contribution in [-0.2, 0) is 14.3 Å². The Hall–Kier alpha value is -1.59. The molecule has 6 heteroatoms. The number of rotatable bonds is 4. The number of ether oxygens (including phenoxy) is 1. The van der Waals surface area contributed by atoms with Crippen molar-refractivity contribution in [2.75, 3.05) is 25.6 Å². The van der Waals surface area contributed by atoms with E-state index in [1.54, 1.807) is 18.2 Å².